The van der Waals surface area contributed by atoms with Crippen molar-refractivity contribution in [1.29, 1.82) is 0 Å². The van der Waals surface area contributed by atoms with Gasteiger partial charge in [0.15, 0.2) is 0 Å². The molecule has 0 fully saturated rings. The van der Waals surface area contributed by atoms with Gasteiger partial charge in [0.05, 0.1) is 0 Å². The molecule has 0 unspecified atom stereocenters. The van der Waals surface area contributed by atoms with Crippen LogP contribution in [0.15, 0.2) is 12.2 Å². The maximum Gasteiger partial charge on any atom is -0.00979 e. The number of rotatable bonds is 8. The van der Waals surface area contributed by atoms with Crippen molar-refractivity contribution in [2.75, 3.05) is 5.75 Å². The molecule has 0 aromatic heterocycles. The Bertz CT molecular complexity index is 97.2. The molecule has 0 aliphatic rings. The predicted octanol–water partition coefficient (Wildman–Crippen LogP) is 4.22. The first kappa shape index (κ1) is 12.1. The summed E-state index contributed by atoms with van der Waals surface area (Å²) in [6.07, 6.45) is 13.8. The van der Waals surface area contributed by atoms with E-state index in [9.17, 15) is 0 Å². The average molecular weight is 186 g/mol. The van der Waals surface area contributed by atoms with E-state index in [0.717, 1.165) is 5.75 Å². The number of hydrogen-bond acceptors (Lipinski definition) is 1. The molecule has 0 aromatic carbocycles. The van der Waals surface area contributed by atoms with Gasteiger partial charge in [0.25, 0.3) is 0 Å². The summed E-state index contributed by atoms with van der Waals surface area (Å²) in [6, 6.07) is 0. The minimum absolute atomic E-state index is 1.04. The van der Waals surface area contributed by atoms with Crippen molar-refractivity contribution >= 4 is 12.6 Å². The van der Waals surface area contributed by atoms with Gasteiger partial charge in [-0.05, 0) is 31.4 Å². The van der Waals surface area contributed by atoms with Gasteiger partial charge in [0.2, 0.25) is 0 Å². The predicted molar refractivity (Wildman–Crippen MR) is 61.0 cm³/mol. The highest BCUT2D eigenvalue weighted by molar-refractivity contribution is 7.80. The van der Waals surface area contributed by atoms with Crippen molar-refractivity contribution in [1.82, 2.24) is 0 Å². The topological polar surface area (TPSA) is 0 Å². The SMILES string of the molecule is CCCCC=CCCCCCS. The minimum atomic E-state index is 1.04. The van der Waals surface area contributed by atoms with E-state index in [0.29, 0.717) is 0 Å². The molecule has 0 amide bonds. The molecule has 72 valence electrons. The Morgan fingerprint density at radius 2 is 1.58 bits per heavy atom. The molecular weight excluding hydrogens is 164 g/mol. The second-order valence-electron chi connectivity index (χ2n) is 3.19. The number of allylic oxidation sites excluding steroid dienone is 2. The normalized spacial score (nSPS) is 11.2. The standard InChI is InChI=1S/C11H22S/c1-2-3-4-5-6-7-8-9-10-11-12/h5-6,12H,2-4,7-11H2,1H3. The molecular formula is C11H22S. The van der Waals surface area contributed by atoms with E-state index >= 15 is 0 Å². The van der Waals surface area contributed by atoms with E-state index in [1.807, 2.05) is 0 Å². The first-order valence-corrected chi connectivity index (χ1v) is 5.81. The van der Waals surface area contributed by atoms with Crippen molar-refractivity contribution in [2.45, 2.75) is 51.9 Å². The molecule has 1 heteroatoms. The fourth-order valence-corrected chi connectivity index (χ4v) is 1.33. The monoisotopic (exact) mass is 186 g/mol. The van der Waals surface area contributed by atoms with Crippen LogP contribution in [0.3, 0.4) is 0 Å². The molecule has 0 rings (SSSR count). The first-order chi connectivity index (χ1) is 5.91. The van der Waals surface area contributed by atoms with Crippen molar-refractivity contribution in [3.05, 3.63) is 12.2 Å². The van der Waals surface area contributed by atoms with Gasteiger partial charge in [-0.2, -0.15) is 12.6 Å². The van der Waals surface area contributed by atoms with Gasteiger partial charge in [0, 0.05) is 0 Å². The van der Waals surface area contributed by atoms with Gasteiger partial charge in [-0.25, -0.2) is 0 Å². The van der Waals surface area contributed by atoms with E-state index in [1.165, 1.54) is 44.9 Å². The largest absolute Gasteiger partial charge is 0.179 e. The van der Waals surface area contributed by atoms with Crippen LogP contribution in [0.5, 0.6) is 0 Å². The van der Waals surface area contributed by atoms with Crippen LogP contribution in [-0.4, -0.2) is 5.75 Å². The van der Waals surface area contributed by atoms with Gasteiger partial charge < -0.3 is 0 Å². The quantitative estimate of drug-likeness (QED) is 0.327. The molecule has 0 spiro atoms. The van der Waals surface area contributed by atoms with Crippen molar-refractivity contribution < 1.29 is 0 Å². The lowest BCUT2D eigenvalue weighted by atomic mass is 10.2. The summed E-state index contributed by atoms with van der Waals surface area (Å²) in [5, 5.41) is 0. The summed E-state index contributed by atoms with van der Waals surface area (Å²) in [7, 11) is 0. The Kier molecular flexibility index (Phi) is 11.2. The van der Waals surface area contributed by atoms with Crippen LogP contribution in [0, 0.1) is 0 Å². The first-order valence-electron chi connectivity index (χ1n) is 5.17. The van der Waals surface area contributed by atoms with E-state index < -0.39 is 0 Å². The highest BCUT2D eigenvalue weighted by Crippen LogP contribution is 2.03. The zero-order chi connectivity index (χ0) is 9.07. The number of thiol groups is 1. The third-order valence-electron chi connectivity index (χ3n) is 1.92. The third-order valence-corrected chi connectivity index (χ3v) is 2.24. The van der Waals surface area contributed by atoms with Gasteiger partial charge in [-0.1, -0.05) is 38.3 Å². The number of unbranched alkanes of at least 4 members (excludes halogenated alkanes) is 5. The molecule has 0 aromatic rings. The molecule has 0 saturated heterocycles. The summed E-state index contributed by atoms with van der Waals surface area (Å²) < 4.78 is 0. The van der Waals surface area contributed by atoms with E-state index in [4.69, 9.17) is 0 Å². The maximum atomic E-state index is 4.17. The Balaban J connectivity index is 2.92. The average Bonchev–Trinajstić information content (AvgIpc) is 2.10. The van der Waals surface area contributed by atoms with Crippen LogP contribution < -0.4 is 0 Å². The van der Waals surface area contributed by atoms with Crippen molar-refractivity contribution in [2.24, 2.45) is 0 Å². The molecule has 0 N–H and O–H groups in total. The summed E-state index contributed by atoms with van der Waals surface area (Å²) in [5.41, 5.74) is 0. The van der Waals surface area contributed by atoms with Gasteiger partial charge >= 0.3 is 0 Å². The minimum Gasteiger partial charge on any atom is -0.179 e. The zero-order valence-electron chi connectivity index (χ0n) is 8.26. The van der Waals surface area contributed by atoms with Gasteiger partial charge in [-0.3, -0.25) is 0 Å². The van der Waals surface area contributed by atoms with Crippen LogP contribution in [0.2, 0.25) is 0 Å². The Labute approximate surface area is 82.9 Å². The molecule has 0 aliphatic heterocycles. The number of hydrogen-bond donors (Lipinski definition) is 1. The van der Waals surface area contributed by atoms with E-state index in [2.05, 4.69) is 31.7 Å². The van der Waals surface area contributed by atoms with Gasteiger partial charge in [-0.15, -0.1) is 0 Å². The molecule has 0 saturated carbocycles. The third kappa shape index (κ3) is 10.1. The summed E-state index contributed by atoms with van der Waals surface area (Å²) in [4.78, 5) is 0. The fraction of sp³-hybridized carbons (Fsp3) is 0.818. The molecule has 0 heterocycles. The van der Waals surface area contributed by atoms with Crippen molar-refractivity contribution in [3.63, 3.8) is 0 Å². The molecule has 0 aliphatic carbocycles. The van der Waals surface area contributed by atoms with E-state index in [-0.39, 0.29) is 0 Å². The highest BCUT2D eigenvalue weighted by atomic mass is 32.1. The van der Waals surface area contributed by atoms with Crippen LogP contribution in [0.25, 0.3) is 0 Å². The Morgan fingerprint density at radius 1 is 0.917 bits per heavy atom. The Morgan fingerprint density at radius 3 is 2.17 bits per heavy atom. The zero-order valence-corrected chi connectivity index (χ0v) is 9.15. The highest BCUT2D eigenvalue weighted by Gasteiger charge is 1.84. The molecule has 0 atom stereocenters. The second kappa shape index (κ2) is 11.1. The smallest absolute Gasteiger partial charge is 0.00979 e. The molecule has 12 heavy (non-hydrogen) atoms. The molecule has 0 nitrogen and oxygen atoms in total. The van der Waals surface area contributed by atoms with Crippen molar-refractivity contribution in [3.8, 4) is 0 Å². The summed E-state index contributed by atoms with van der Waals surface area (Å²) in [6.45, 7) is 2.24. The fourth-order valence-electron chi connectivity index (χ4n) is 1.11. The molecule has 0 bridgehead atoms. The van der Waals surface area contributed by atoms with Crippen LogP contribution in [0.1, 0.15) is 51.9 Å². The lowest BCUT2D eigenvalue weighted by Crippen LogP contribution is -1.76. The summed E-state index contributed by atoms with van der Waals surface area (Å²) >= 11 is 4.17. The van der Waals surface area contributed by atoms with Crippen LogP contribution in [0.4, 0.5) is 0 Å². The van der Waals surface area contributed by atoms with E-state index in [1.54, 1.807) is 0 Å². The molecule has 0 radical (unpaired) electrons. The second-order valence-corrected chi connectivity index (χ2v) is 3.63. The summed E-state index contributed by atoms with van der Waals surface area (Å²) in [5.74, 6) is 1.04. The lowest BCUT2D eigenvalue weighted by Gasteiger charge is -1.93. The van der Waals surface area contributed by atoms with Crippen LogP contribution >= 0.6 is 12.6 Å². The Hall–Kier alpha value is 0.0900. The lowest BCUT2D eigenvalue weighted by molar-refractivity contribution is 0.732. The van der Waals surface area contributed by atoms with Gasteiger partial charge in [0.1, 0.15) is 0 Å². The van der Waals surface area contributed by atoms with Crippen LogP contribution in [-0.2, 0) is 0 Å². The maximum absolute atomic E-state index is 4.17.